The first kappa shape index (κ1) is 9.71. The quantitative estimate of drug-likeness (QED) is 0.674. The number of rotatable bonds is 2. The van der Waals surface area contributed by atoms with Crippen LogP contribution in [0.15, 0.2) is 29.9 Å². The molecule has 3 nitrogen and oxygen atoms in total. The lowest BCUT2D eigenvalue weighted by molar-refractivity contribution is 0.643. The molecule has 0 aliphatic heterocycles. The zero-order chi connectivity index (χ0) is 9.84. The largest absolute Gasteiger partial charge is 0.251 e. The molecule has 0 aliphatic rings. The van der Waals surface area contributed by atoms with Crippen molar-refractivity contribution in [3.8, 4) is 0 Å². The number of nitrogens with zero attached hydrogens (tertiary/aromatic N) is 3. The van der Waals surface area contributed by atoms with Crippen LogP contribution in [0, 0.1) is 0 Å². The lowest BCUT2D eigenvalue weighted by Gasteiger charge is -2.05. The molecule has 0 saturated carbocycles. The molecular formula is C10H15N3. The van der Waals surface area contributed by atoms with Gasteiger partial charge in [0, 0.05) is 13.2 Å². The summed E-state index contributed by atoms with van der Waals surface area (Å²) in [6, 6.07) is 3.94. The van der Waals surface area contributed by atoms with E-state index in [1.165, 1.54) is 6.20 Å². The van der Waals surface area contributed by atoms with Crippen molar-refractivity contribution in [1.29, 1.82) is 0 Å². The Morgan fingerprint density at radius 1 is 1.54 bits per heavy atom. The third kappa shape index (κ3) is 2.28. The van der Waals surface area contributed by atoms with Crippen molar-refractivity contribution in [3.05, 3.63) is 36.1 Å². The molecular weight excluding hydrogens is 162 g/mol. The Morgan fingerprint density at radius 2 is 2.23 bits per heavy atom. The maximum atomic E-state index is 4.37. The zero-order valence-electron chi connectivity index (χ0n) is 8.36. The Kier molecular flexibility index (Phi) is 3.01. The van der Waals surface area contributed by atoms with Crippen LogP contribution in [0.1, 0.15) is 25.5 Å². The molecule has 1 heterocycles. The molecule has 1 aromatic heterocycles. The van der Waals surface area contributed by atoms with Crippen molar-refractivity contribution < 1.29 is 0 Å². The van der Waals surface area contributed by atoms with Gasteiger partial charge in [0.2, 0.25) is 0 Å². The molecule has 70 valence electrons. The first-order valence-corrected chi connectivity index (χ1v) is 4.34. The second-order valence-corrected chi connectivity index (χ2v) is 3.21. The van der Waals surface area contributed by atoms with Gasteiger partial charge in [0.1, 0.15) is 5.49 Å². The Balaban J connectivity index is 3.20. The van der Waals surface area contributed by atoms with Crippen molar-refractivity contribution in [2.45, 2.75) is 19.8 Å². The van der Waals surface area contributed by atoms with E-state index in [1.807, 2.05) is 19.2 Å². The van der Waals surface area contributed by atoms with Gasteiger partial charge in [0.15, 0.2) is 0 Å². The van der Waals surface area contributed by atoms with Gasteiger partial charge in [-0.3, -0.25) is 4.68 Å². The first-order chi connectivity index (χ1) is 6.15. The number of aryl methyl sites for hydroxylation is 1. The van der Waals surface area contributed by atoms with E-state index in [4.69, 9.17) is 0 Å². The van der Waals surface area contributed by atoms with Gasteiger partial charge < -0.3 is 0 Å². The van der Waals surface area contributed by atoms with E-state index in [0.29, 0.717) is 5.92 Å². The fraction of sp³-hybridized carbons (Fsp3) is 0.400. The highest BCUT2D eigenvalue weighted by Gasteiger charge is 2.00. The van der Waals surface area contributed by atoms with Crippen LogP contribution in [0.3, 0.4) is 0 Å². The highest BCUT2D eigenvalue weighted by atomic mass is 15.3. The van der Waals surface area contributed by atoms with Gasteiger partial charge in [-0.15, -0.1) is 0 Å². The fourth-order valence-electron chi connectivity index (χ4n) is 1.05. The van der Waals surface area contributed by atoms with Crippen LogP contribution in [-0.4, -0.2) is 9.78 Å². The summed E-state index contributed by atoms with van der Waals surface area (Å²) in [7, 11) is 1.88. The zero-order valence-corrected chi connectivity index (χ0v) is 8.36. The molecule has 13 heavy (non-hydrogen) atoms. The van der Waals surface area contributed by atoms with Crippen molar-refractivity contribution in [1.82, 2.24) is 9.78 Å². The molecule has 0 fully saturated rings. The third-order valence-corrected chi connectivity index (χ3v) is 1.82. The summed E-state index contributed by atoms with van der Waals surface area (Å²) in [6.07, 6.45) is 1.52. The van der Waals surface area contributed by atoms with Gasteiger partial charge in [-0.05, 0) is 18.1 Å². The van der Waals surface area contributed by atoms with E-state index in [1.54, 1.807) is 4.68 Å². The van der Waals surface area contributed by atoms with Gasteiger partial charge in [-0.1, -0.05) is 20.4 Å². The molecule has 0 spiro atoms. The minimum Gasteiger partial charge on any atom is -0.251 e. The van der Waals surface area contributed by atoms with Gasteiger partial charge >= 0.3 is 0 Å². The minimum absolute atomic E-state index is 0.448. The predicted molar refractivity (Wildman–Crippen MR) is 53.1 cm³/mol. The summed E-state index contributed by atoms with van der Waals surface area (Å²) >= 11 is 0. The Hall–Kier alpha value is -1.38. The first-order valence-electron chi connectivity index (χ1n) is 4.34. The summed E-state index contributed by atoms with van der Waals surface area (Å²) in [5.41, 5.74) is 1.89. The fourth-order valence-corrected chi connectivity index (χ4v) is 1.05. The molecule has 0 aliphatic carbocycles. The third-order valence-electron chi connectivity index (χ3n) is 1.82. The van der Waals surface area contributed by atoms with E-state index >= 15 is 0 Å². The van der Waals surface area contributed by atoms with E-state index in [-0.39, 0.29) is 0 Å². The molecule has 0 aromatic carbocycles. The molecule has 0 radical (unpaired) electrons. The Morgan fingerprint density at radius 3 is 2.69 bits per heavy atom. The van der Waals surface area contributed by atoms with Gasteiger partial charge in [-0.2, -0.15) is 5.10 Å². The summed E-state index contributed by atoms with van der Waals surface area (Å²) < 4.78 is 1.76. The smallest absolute Gasteiger partial charge is 0.148 e. The lowest BCUT2D eigenvalue weighted by atomic mass is 10.1. The standard InChI is InChI=1S/C10H15N3/c1-5-11-10-7-6-9(8(2)3)12-13(10)4/h5-8H,1H2,2-4H3. The normalized spacial score (nSPS) is 12.2. The van der Waals surface area contributed by atoms with E-state index in [2.05, 4.69) is 30.5 Å². The maximum Gasteiger partial charge on any atom is 0.148 e. The molecule has 0 saturated heterocycles. The molecule has 3 heteroatoms. The molecule has 0 unspecified atom stereocenters. The van der Waals surface area contributed by atoms with Crippen LogP contribution < -0.4 is 5.49 Å². The number of hydrogen-bond donors (Lipinski definition) is 0. The molecule has 1 rings (SSSR count). The lowest BCUT2D eigenvalue weighted by Crippen LogP contribution is -2.21. The second-order valence-electron chi connectivity index (χ2n) is 3.21. The van der Waals surface area contributed by atoms with Crippen LogP contribution in [0.4, 0.5) is 0 Å². The summed E-state index contributed by atoms with van der Waals surface area (Å²) in [6.45, 7) is 7.78. The van der Waals surface area contributed by atoms with Crippen LogP contribution >= 0.6 is 0 Å². The second kappa shape index (κ2) is 4.03. The number of hydrogen-bond acceptors (Lipinski definition) is 2. The molecule has 1 aromatic rings. The maximum absolute atomic E-state index is 4.37. The summed E-state index contributed by atoms with van der Waals surface area (Å²) in [5, 5.41) is 4.37. The van der Waals surface area contributed by atoms with Crippen molar-refractivity contribution in [2.24, 2.45) is 12.0 Å². The van der Waals surface area contributed by atoms with E-state index < -0.39 is 0 Å². The Labute approximate surface area is 78.4 Å². The summed E-state index contributed by atoms with van der Waals surface area (Å²) in [4.78, 5) is 4.07. The van der Waals surface area contributed by atoms with E-state index in [9.17, 15) is 0 Å². The average Bonchev–Trinajstić information content (AvgIpc) is 2.08. The topological polar surface area (TPSA) is 30.2 Å². The predicted octanol–water partition coefficient (Wildman–Crippen LogP) is 1.59. The van der Waals surface area contributed by atoms with Crippen molar-refractivity contribution in [3.63, 3.8) is 0 Å². The number of aromatic nitrogens is 2. The van der Waals surface area contributed by atoms with E-state index in [0.717, 1.165) is 11.2 Å². The van der Waals surface area contributed by atoms with Crippen LogP contribution in [0.2, 0.25) is 0 Å². The van der Waals surface area contributed by atoms with Gasteiger partial charge in [0.05, 0.1) is 5.69 Å². The molecule has 0 amide bonds. The van der Waals surface area contributed by atoms with Gasteiger partial charge in [-0.25, -0.2) is 4.99 Å². The van der Waals surface area contributed by atoms with Crippen molar-refractivity contribution >= 4 is 0 Å². The molecule has 0 bridgehead atoms. The van der Waals surface area contributed by atoms with Crippen LogP contribution in [0.5, 0.6) is 0 Å². The van der Waals surface area contributed by atoms with Crippen LogP contribution in [0.25, 0.3) is 0 Å². The van der Waals surface area contributed by atoms with Crippen LogP contribution in [-0.2, 0) is 7.05 Å². The van der Waals surface area contributed by atoms with Crippen molar-refractivity contribution in [2.75, 3.05) is 0 Å². The average molecular weight is 177 g/mol. The minimum atomic E-state index is 0.448. The SMILES string of the molecule is C=CN=c1ccc(C(C)C)nn1C. The Bertz CT molecular complexity index is 361. The summed E-state index contributed by atoms with van der Waals surface area (Å²) in [5.74, 6) is 0.448. The van der Waals surface area contributed by atoms with Gasteiger partial charge in [0.25, 0.3) is 0 Å². The monoisotopic (exact) mass is 177 g/mol. The molecule has 0 N–H and O–H groups in total. The molecule has 0 atom stereocenters. The highest BCUT2D eigenvalue weighted by molar-refractivity contribution is 5.04. The highest BCUT2D eigenvalue weighted by Crippen LogP contribution is 2.07.